The molecule has 7 nitrogen and oxygen atoms in total. The maximum Gasteiger partial charge on any atom is 0.341 e. The highest BCUT2D eigenvalue weighted by atomic mass is 35.5. The molecule has 0 fully saturated rings. The highest BCUT2D eigenvalue weighted by Crippen LogP contribution is 2.32. The molecule has 1 N–H and O–H groups in total. The molecule has 2 aromatic heterocycles. The Labute approximate surface area is 193 Å². The van der Waals surface area contributed by atoms with E-state index in [-0.39, 0.29) is 26.4 Å². The number of carbonyl (C=O) groups excluding carboxylic acids is 2. The first kappa shape index (κ1) is 22.8. The molecule has 2 heterocycles. The predicted molar refractivity (Wildman–Crippen MR) is 117 cm³/mol. The second kappa shape index (κ2) is 9.48. The second-order valence-electron chi connectivity index (χ2n) is 6.55. The Bertz CT molecular complexity index is 1190. The van der Waals surface area contributed by atoms with Crippen LogP contribution < -0.4 is 5.32 Å². The van der Waals surface area contributed by atoms with Gasteiger partial charge in [0.2, 0.25) is 0 Å². The van der Waals surface area contributed by atoms with E-state index in [0.717, 1.165) is 11.3 Å². The fourth-order valence-corrected chi connectivity index (χ4v) is 3.65. The minimum Gasteiger partial charge on any atom is -0.467 e. The minimum absolute atomic E-state index is 0.0464. The summed E-state index contributed by atoms with van der Waals surface area (Å²) in [5.41, 5.74) is 1.69. The molecular formula is C21H16Cl3N3O4. The van der Waals surface area contributed by atoms with Gasteiger partial charge in [0.05, 0.1) is 39.0 Å². The van der Waals surface area contributed by atoms with Crippen molar-refractivity contribution in [2.24, 2.45) is 0 Å². The van der Waals surface area contributed by atoms with Gasteiger partial charge >= 0.3 is 5.97 Å². The Hall–Kier alpha value is -2.92. The molecule has 3 aromatic rings. The summed E-state index contributed by atoms with van der Waals surface area (Å²) in [6.07, 6.45) is 1.54. The molecule has 0 saturated carbocycles. The quantitative estimate of drug-likeness (QED) is 0.378. The second-order valence-corrected chi connectivity index (χ2v) is 7.75. The van der Waals surface area contributed by atoms with Crippen molar-refractivity contribution in [2.75, 3.05) is 11.9 Å². The lowest BCUT2D eigenvalue weighted by molar-refractivity contribution is -0.119. The van der Waals surface area contributed by atoms with Crippen LogP contribution >= 0.6 is 34.8 Å². The number of rotatable bonds is 6. The Morgan fingerprint density at radius 1 is 1.19 bits per heavy atom. The van der Waals surface area contributed by atoms with Crippen molar-refractivity contribution in [1.29, 1.82) is 5.26 Å². The van der Waals surface area contributed by atoms with E-state index < -0.39 is 18.5 Å². The van der Waals surface area contributed by atoms with Crippen molar-refractivity contribution in [2.45, 2.75) is 20.4 Å². The van der Waals surface area contributed by atoms with Gasteiger partial charge in [0.15, 0.2) is 6.61 Å². The summed E-state index contributed by atoms with van der Waals surface area (Å²) in [6, 6.07) is 8.47. The summed E-state index contributed by atoms with van der Waals surface area (Å²) in [7, 11) is 0. The standard InChI is InChI=1S/C21H16Cl3N3O4/c1-11-12(2)27(9-13-4-3-7-30-13)20(14(11)8-25)26-17(28)10-31-21(29)18-15(22)5-6-16(23)19(18)24/h3-7H,9-10H2,1-2H3,(H,26,28). The third kappa shape index (κ3) is 4.72. The molecule has 0 unspecified atom stereocenters. The first-order valence-electron chi connectivity index (χ1n) is 8.97. The minimum atomic E-state index is -0.897. The van der Waals surface area contributed by atoms with Crippen LogP contribution in [-0.4, -0.2) is 23.1 Å². The van der Waals surface area contributed by atoms with Crippen LogP contribution in [0.2, 0.25) is 15.1 Å². The Morgan fingerprint density at radius 3 is 2.55 bits per heavy atom. The zero-order valence-electron chi connectivity index (χ0n) is 16.5. The van der Waals surface area contributed by atoms with E-state index in [2.05, 4.69) is 11.4 Å². The smallest absolute Gasteiger partial charge is 0.341 e. The number of benzene rings is 1. The maximum atomic E-state index is 12.5. The molecule has 0 aliphatic heterocycles. The third-order valence-electron chi connectivity index (χ3n) is 4.68. The fraction of sp³-hybridized carbons (Fsp3) is 0.190. The van der Waals surface area contributed by atoms with Gasteiger partial charge in [-0.25, -0.2) is 4.79 Å². The molecule has 3 rings (SSSR count). The normalized spacial score (nSPS) is 10.6. The summed E-state index contributed by atoms with van der Waals surface area (Å²) in [6.45, 7) is 3.31. The van der Waals surface area contributed by atoms with Gasteiger partial charge in [0.25, 0.3) is 5.91 Å². The number of furan rings is 1. The molecule has 0 spiro atoms. The molecule has 160 valence electrons. The van der Waals surface area contributed by atoms with Crippen LogP contribution in [0.15, 0.2) is 34.9 Å². The molecule has 0 saturated heterocycles. The van der Waals surface area contributed by atoms with Crippen LogP contribution in [0.1, 0.15) is 32.9 Å². The van der Waals surface area contributed by atoms with Gasteiger partial charge < -0.3 is 19.0 Å². The van der Waals surface area contributed by atoms with Gasteiger partial charge in [0.1, 0.15) is 17.6 Å². The number of esters is 1. The van der Waals surface area contributed by atoms with Crippen molar-refractivity contribution in [3.8, 4) is 6.07 Å². The zero-order chi connectivity index (χ0) is 22.7. The number of nitrogens with zero attached hydrogens (tertiary/aromatic N) is 2. The molecule has 0 aliphatic rings. The number of halogens is 3. The Morgan fingerprint density at radius 2 is 1.90 bits per heavy atom. The van der Waals surface area contributed by atoms with Crippen LogP contribution in [-0.2, 0) is 16.1 Å². The van der Waals surface area contributed by atoms with E-state index in [0.29, 0.717) is 17.9 Å². The molecule has 0 aliphatic carbocycles. The number of nitriles is 1. The summed E-state index contributed by atoms with van der Waals surface area (Å²) in [5, 5.41) is 12.3. The van der Waals surface area contributed by atoms with Crippen molar-refractivity contribution >= 4 is 52.5 Å². The number of carbonyl (C=O) groups is 2. The summed E-state index contributed by atoms with van der Waals surface area (Å²) >= 11 is 17.9. The van der Waals surface area contributed by atoms with Crippen molar-refractivity contribution < 1.29 is 18.7 Å². The van der Waals surface area contributed by atoms with Gasteiger partial charge in [-0.15, -0.1) is 0 Å². The molecule has 31 heavy (non-hydrogen) atoms. The van der Waals surface area contributed by atoms with Crippen LogP contribution in [0.5, 0.6) is 0 Å². The summed E-state index contributed by atoms with van der Waals surface area (Å²) < 4.78 is 12.2. The Balaban J connectivity index is 1.78. The van der Waals surface area contributed by atoms with Gasteiger partial charge in [-0.1, -0.05) is 34.8 Å². The van der Waals surface area contributed by atoms with E-state index in [1.807, 2.05) is 6.92 Å². The predicted octanol–water partition coefficient (Wildman–Crippen LogP) is 5.37. The fourth-order valence-electron chi connectivity index (χ4n) is 2.97. The third-order valence-corrected chi connectivity index (χ3v) is 5.79. The average molecular weight is 481 g/mol. The van der Waals surface area contributed by atoms with E-state index in [1.165, 1.54) is 18.4 Å². The van der Waals surface area contributed by atoms with Crippen LogP contribution in [0, 0.1) is 25.2 Å². The first-order chi connectivity index (χ1) is 14.7. The highest BCUT2D eigenvalue weighted by molar-refractivity contribution is 6.46. The van der Waals surface area contributed by atoms with Crippen molar-refractivity contribution in [3.05, 3.63) is 73.7 Å². The van der Waals surface area contributed by atoms with Crippen molar-refractivity contribution in [3.63, 3.8) is 0 Å². The molecule has 0 radical (unpaired) electrons. The number of anilines is 1. The molecule has 0 atom stereocenters. The lowest BCUT2D eigenvalue weighted by Gasteiger charge is -2.13. The van der Waals surface area contributed by atoms with Crippen LogP contribution in [0.4, 0.5) is 5.82 Å². The maximum absolute atomic E-state index is 12.5. The molecular weight excluding hydrogens is 465 g/mol. The SMILES string of the molecule is Cc1c(C#N)c(NC(=O)COC(=O)c2c(Cl)ccc(Cl)c2Cl)n(Cc2ccco2)c1C. The lowest BCUT2D eigenvalue weighted by Crippen LogP contribution is -2.23. The van der Waals surface area contributed by atoms with Gasteiger partial charge in [-0.05, 0) is 43.7 Å². The van der Waals surface area contributed by atoms with E-state index in [4.69, 9.17) is 44.0 Å². The number of hydrogen-bond donors (Lipinski definition) is 1. The molecule has 0 bridgehead atoms. The summed E-state index contributed by atoms with van der Waals surface area (Å²) in [5.74, 6) is -0.604. The average Bonchev–Trinajstić information content (AvgIpc) is 3.32. The number of aromatic nitrogens is 1. The zero-order valence-corrected chi connectivity index (χ0v) is 18.7. The van der Waals surface area contributed by atoms with E-state index >= 15 is 0 Å². The first-order valence-corrected chi connectivity index (χ1v) is 10.1. The van der Waals surface area contributed by atoms with Gasteiger partial charge in [-0.3, -0.25) is 4.79 Å². The van der Waals surface area contributed by atoms with Gasteiger partial charge in [-0.2, -0.15) is 5.26 Å². The number of amides is 1. The highest BCUT2D eigenvalue weighted by Gasteiger charge is 2.23. The van der Waals surface area contributed by atoms with E-state index in [9.17, 15) is 14.9 Å². The molecule has 1 amide bonds. The topological polar surface area (TPSA) is 97.3 Å². The van der Waals surface area contributed by atoms with E-state index in [1.54, 1.807) is 23.6 Å². The van der Waals surface area contributed by atoms with Crippen LogP contribution in [0.25, 0.3) is 0 Å². The lowest BCUT2D eigenvalue weighted by atomic mass is 10.2. The number of ether oxygens (including phenoxy) is 1. The largest absolute Gasteiger partial charge is 0.467 e. The number of nitrogens with one attached hydrogen (secondary N) is 1. The molecule has 10 heteroatoms. The molecule has 1 aromatic carbocycles. The monoisotopic (exact) mass is 479 g/mol. The van der Waals surface area contributed by atoms with Crippen LogP contribution in [0.3, 0.4) is 0 Å². The van der Waals surface area contributed by atoms with Gasteiger partial charge in [0, 0.05) is 5.69 Å². The number of hydrogen-bond acceptors (Lipinski definition) is 5. The van der Waals surface area contributed by atoms with Crippen molar-refractivity contribution in [1.82, 2.24) is 4.57 Å². The summed E-state index contributed by atoms with van der Waals surface area (Å²) in [4.78, 5) is 24.9. The Kier molecular flexibility index (Phi) is 6.96.